The minimum Gasteiger partial charge on any atom is -0.307 e. The molecule has 62 valence electrons. The van der Waals surface area contributed by atoms with E-state index in [1.807, 2.05) is 42.5 Å². The zero-order valence-corrected chi connectivity index (χ0v) is 7.45. The number of carbonyl (C=O) groups is 1. The van der Waals surface area contributed by atoms with E-state index in [4.69, 9.17) is 0 Å². The predicted molar refractivity (Wildman–Crippen MR) is 56.8 cm³/mol. The fourth-order valence-corrected chi connectivity index (χ4v) is 1.53. The van der Waals surface area contributed by atoms with Gasteiger partial charge in [0.2, 0.25) is 0 Å². The molecule has 0 aliphatic heterocycles. The Morgan fingerprint density at radius 3 is 2.46 bits per heavy atom. The molecular formula is C11H9BO. The van der Waals surface area contributed by atoms with Crippen LogP contribution in [0.1, 0.15) is 10.4 Å². The lowest BCUT2D eigenvalue weighted by Gasteiger charge is -2.01. The molecule has 0 spiro atoms. The molecule has 2 aromatic carbocycles. The average molecular weight is 168 g/mol. The standard InChI is InChI=1S/C11H9BO/c12-11(13)10-7-3-5-8-4-1-2-6-9(8)10/h1-7H,12H2. The van der Waals surface area contributed by atoms with Gasteiger partial charge >= 0.3 is 0 Å². The van der Waals surface area contributed by atoms with E-state index >= 15 is 0 Å². The van der Waals surface area contributed by atoms with Crippen LogP contribution in [0.5, 0.6) is 0 Å². The third-order valence-electron chi connectivity index (χ3n) is 2.17. The van der Waals surface area contributed by atoms with Crippen molar-refractivity contribution in [3.63, 3.8) is 0 Å². The fraction of sp³-hybridized carbons (Fsp3) is 0. The molecule has 0 saturated carbocycles. The van der Waals surface area contributed by atoms with Gasteiger partial charge in [0.25, 0.3) is 0 Å². The molecule has 0 heterocycles. The van der Waals surface area contributed by atoms with Crippen LogP contribution in [-0.2, 0) is 0 Å². The summed E-state index contributed by atoms with van der Waals surface area (Å²) in [6.45, 7) is 0. The van der Waals surface area contributed by atoms with Crippen LogP contribution in [-0.4, -0.2) is 13.5 Å². The Balaban J connectivity index is 2.83. The zero-order chi connectivity index (χ0) is 9.26. The van der Waals surface area contributed by atoms with Crippen molar-refractivity contribution in [1.82, 2.24) is 0 Å². The Morgan fingerprint density at radius 2 is 1.69 bits per heavy atom. The van der Waals surface area contributed by atoms with Crippen molar-refractivity contribution < 1.29 is 4.79 Å². The van der Waals surface area contributed by atoms with E-state index in [-0.39, 0.29) is 5.68 Å². The SMILES string of the molecule is BC(=O)c1cccc2ccccc12. The highest BCUT2D eigenvalue weighted by atomic mass is 16.1. The van der Waals surface area contributed by atoms with E-state index in [1.165, 1.54) is 0 Å². The molecule has 0 bridgehead atoms. The molecule has 1 nitrogen and oxygen atoms in total. The molecule has 0 aliphatic carbocycles. The second-order valence-electron chi connectivity index (χ2n) is 3.08. The number of carbonyl (C=O) groups excluding carboxylic acids is 1. The van der Waals surface area contributed by atoms with Gasteiger partial charge in [-0.15, -0.1) is 0 Å². The lowest BCUT2D eigenvalue weighted by atomic mass is 9.91. The molecule has 0 aliphatic rings. The fourth-order valence-electron chi connectivity index (χ4n) is 1.53. The molecule has 13 heavy (non-hydrogen) atoms. The van der Waals surface area contributed by atoms with E-state index < -0.39 is 0 Å². The molecule has 0 atom stereocenters. The van der Waals surface area contributed by atoms with Crippen LogP contribution in [0.25, 0.3) is 10.8 Å². The Kier molecular flexibility index (Phi) is 1.89. The molecule has 0 amide bonds. The molecule has 2 rings (SSSR count). The van der Waals surface area contributed by atoms with Crippen LogP contribution < -0.4 is 0 Å². The molecule has 0 saturated heterocycles. The first-order chi connectivity index (χ1) is 6.29. The van der Waals surface area contributed by atoms with Gasteiger partial charge in [0.15, 0.2) is 7.85 Å². The minimum absolute atomic E-state index is 0.122. The van der Waals surface area contributed by atoms with Gasteiger partial charge in [0.05, 0.1) is 0 Å². The molecule has 0 unspecified atom stereocenters. The Morgan fingerprint density at radius 1 is 1.00 bits per heavy atom. The maximum atomic E-state index is 11.3. The van der Waals surface area contributed by atoms with Gasteiger partial charge in [-0.05, 0) is 10.8 Å². The molecule has 0 fully saturated rings. The van der Waals surface area contributed by atoms with Crippen LogP contribution in [0.4, 0.5) is 0 Å². The van der Waals surface area contributed by atoms with E-state index in [2.05, 4.69) is 0 Å². The summed E-state index contributed by atoms with van der Waals surface area (Å²) in [4.78, 5) is 11.3. The first-order valence-corrected chi connectivity index (χ1v) is 4.28. The van der Waals surface area contributed by atoms with Crippen LogP contribution in [0.3, 0.4) is 0 Å². The lowest BCUT2D eigenvalue weighted by molar-refractivity contribution is 0.108. The van der Waals surface area contributed by atoms with Gasteiger partial charge in [-0.3, -0.25) is 0 Å². The van der Waals surface area contributed by atoms with Gasteiger partial charge in [-0.1, -0.05) is 42.5 Å². The largest absolute Gasteiger partial charge is 0.307 e. The van der Waals surface area contributed by atoms with Crippen molar-refractivity contribution in [3.8, 4) is 0 Å². The monoisotopic (exact) mass is 168 g/mol. The highest BCUT2D eigenvalue weighted by Crippen LogP contribution is 2.17. The summed E-state index contributed by atoms with van der Waals surface area (Å²) >= 11 is 0. The summed E-state index contributed by atoms with van der Waals surface area (Å²) in [6.07, 6.45) is 0. The molecular weight excluding hydrogens is 159 g/mol. The number of benzene rings is 2. The third kappa shape index (κ3) is 1.35. The summed E-state index contributed by atoms with van der Waals surface area (Å²) in [5.74, 6) is 0. The molecule has 0 radical (unpaired) electrons. The topological polar surface area (TPSA) is 17.1 Å². The second-order valence-corrected chi connectivity index (χ2v) is 3.08. The van der Waals surface area contributed by atoms with Crippen molar-refractivity contribution >= 4 is 24.3 Å². The van der Waals surface area contributed by atoms with Crippen molar-refractivity contribution in [2.45, 2.75) is 0 Å². The van der Waals surface area contributed by atoms with Crippen molar-refractivity contribution in [2.24, 2.45) is 0 Å². The Labute approximate surface area is 77.8 Å². The van der Waals surface area contributed by atoms with Crippen molar-refractivity contribution in [2.75, 3.05) is 0 Å². The maximum Gasteiger partial charge on any atom is 0.193 e. The smallest absolute Gasteiger partial charge is 0.193 e. The summed E-state index contributed by atoms with van der Waals surface area (Å²) in [7, 11) is 1.60. The summed E-state index contributed by atoms with van der Waals surface area (Å²) in [5.41, 5.74) is 0.926. The highest BCUT2D eigenvalue weighted by molar-refractivity contribution is 6.63. The van der Waals surface area contributed by atoms with Gasteiger partial charge in [-0.25, -0.2) is 0 Å². The van der Waals surface area contributed by atoms with Crippen molar-refractivity contribution in [3.05, 3.63) is 48.0 Å². The number of hydrogen-bond acceptors (Lipinski definition) is 1. The van der Waals surface area contributed by atoms with Crippen LogP contribution in [0.2, 0.25) is 0 Å². The first-order valence-electron chi connectivity index (χ1n) is 4.28. The maximum absolute atomic E-state index is 11.3. The van der Waals surface area contributed by atoms with E-state index in [1.54, 1.807) is 7.85 Å². The van der Waals surface area contributed by atoms with Crippen LogP contribution in [0, 0.1) is 0 Å². The van der Waals surface area contributed by atoms with Gasteiger partial charge in [-0.2, -0.15) is 0 Å². The quantitative estimate of drug-likeness (QED) is 0.591. The summed E-state index contributed by atoms with van der Waals surface area (Å²) < 4.78 is 0. The molecule has 0 N–H and O–H groups in total. The molecule has 0 aromatic heterocycles. The minimum atomic E-state index is 0.122. The Hall–Kier alpha value is -1.57. The first kappa shape index (κ1) is 8.05. The summed E-state index contributed by atoms with van der Waals surface area (Å²) in [6, 6.07) is 13.7. The van der Waals surface area contributed by atoms with E-state index in [0.717, 1.165) is 16.3 Å². The van der Waals surface area contributed by atoms with Gasteiger partial charge < -0.3 is 4.79 Å². The van der Waals surface area contributed by atoms with Crippen LogP contribution in [0.15, 0.2) is 42.5 Å². The Bertz CT molecular complexity index is 457. The predicted octanol–water partition coefficient (Wildman–Crippen LogP) is 1.61. The lowest BCUT2D eigenvalue weighted by Crippen LogP contribution is -1.97. The van der Waals surface area contributed by atoms with Gasteiger partial charge in [0.1, 0.15) is 5.68 Å². The normalized spacial score (nSPS) is 10.2. The highest BCUT2D eigenvalue weighted by Gasteiger charge is 2.02. The second kappa shape index (κ2) is 3.06. The van der Waals surface area contributed by atoms with Crippen LogP contribution >= 0.6 is 0 Å². The van der Waals surface area contributed by atoms with Gasteiger partial charge in [0, 0.05) is 5.56 Å². The number of hydrogen-bond donors (Lipinski definition) is 0. The average Bonchev–Trinajstić information content (AvgIpc) is 2.17. The van der Waals surface area contributed by atoms with Crippen molar-refractivity contribution in [1.29, 1.82) is 0 Å². The third-order valence-corrected chi connectivity index (χ3v) is 2.17. The number of fused-ring (bicyclic) bond motifs is 1. The zero-order valence-electron chi connectivity index (χ0n) is 7.45. The van der Waals surface area contributed by atoms with E-state index in [9.17, 15) is 4.79 Å². The van der Waals surface area contributed by atoms with E-state index in [0.29, 0.717) is 0 Å². The number of rotatable bonds is 1. The molecule has 2 aromatic rings. The molecule has 2 heteroatoms. The summed E-state index contributed by atoms with van der Waals surface area (Å²) in [5, 5.41) is 2.16.